The van der Waals surface area contributed by atoms with Crippen LogP contribution in [0, 0.1) is 0 Å². The van der Waals surface area contributed by atoms with Gasteiger partial charge in [0.25, 0.3) is 5.56 Å². The molecule has 0 radical (unpaired) electrons. The molecule has 22 heteroatoms. The minimum atomic E-state index is -5.91. The van der Waals surface area contributed by atoms with Crippen LogP contribution in [0.5, 0.6) is 0 Å². The Morgan fingerprint density at radius 2 is 1.82 bits per heavy atom. The molecule has 19 nitrogen and oxygen atoms in total. The van der Waals surface area contributed by atoms with Crippen LogP contribution in [0.25, 0.3) is 0 Å². The quantitative estimate of drug-likeness (QED) is 0.0796. The van der Waals surface area contributed by atoms with E-state index in [1.54, 1.807) is 0 Å². The number of allylic oxidation sites excluding steroid dienone is 1. The largest absolute Gasteiger partial charge is 0.490 e. The van der Waals surface area contributed by atoms with Crippen molar-refractivity contribution in [3.8, 4) is 0 Å². The molecular weight excluding hydrogens is 605 g/mol. The van der Waals surface area contributed by atoms with Crippen LogP contribution in [0.1, 0.15) is 43.9 Å². The van der Waals surface area contributed by atoms with Gasteiger partial charge in [-0.05, 0) is 32.0 Å². The lowest BCUT2D eigenvalue weighted by Crippen LogP contribution is -2.42. The highest BCUT2D eigenvalue weighted by atomic mass is 31.3. The molecule has 2 heterocycles. The fourth-order valence-corrected chi connectivity index (χ4v) is 6.89. The van der Waals surface area contributed by atoms with Gasteiger partial charge >= 0.3 is 29.2 Å². The second-order valence-corrected chi connectivity index (χ2v) is 12.9. The number of rotatable bonds is 16. The molecule has 3 unspecified atom stereocenters. The lowest BCUT2D eigenvalue weighted by Gasteiger charge is -2.27. The number of aliphatic hydroxyl groups excluding tert-OH is 1. The SMILES string of the molecule is NC=CCc1cn([C@H]2C[C@H](O)[C@@H](C(OP(=O)(O)OP(=O)(O)OP(=O)(O)O)C(=O)CCCCCN)O2)c(=O)[nH]c1=O. The molecule has 6 atom stereocenters. The lowest BCUT2D eigenvalue weighted by molar-refractivity contribution is -0.140. The Kier molecular flexibility index (Phi) is 12.4. The first-order valence-electron chi connectivity index (χ1n) is 11.6. The van der Waals surface area contributed by atoms with Crippen LogP contribution in [-0.4, -0.2) is 64.9 Å². The van der Waals surface area contributed by atoms with E-state index in [1.165, 1.54) is 12.3 Å². The number of aromatic amines is 1. The number of unbranched alkanes of at least 4 members (excludes halogenated alkanes) is 2. The summed E-state index contributed by atoms with van der Waals surface area (Å²) in [5.41, 5.74) is 9.12. The Labute approximate surface area is 226 Å². The summed E-state index contributed by atoms with van der Waals surface area (Å²) in [4.78, 5) is 76.4. The zero-order chi connectivity index (χ0) is 30.3. The Balaban J connectivity index is 2.36. The first kappa shape index (κ1) is 34.4. The number of nitrogens with zero attached hydrogens (tertiary/aromatic N) is 1. The summed E-state index contributed by atoms with van der Waals surface area (Å²) >= 11 is 0. The molecular formula is C18H31N4O15P3. The number of nitrogens with one attached hydrogen (secondary N) is 1. The van der Waals surface area contributed by atoms with E-state index in [9.17, 15) is 43.0 Å². The van der Waals surface area contributed by atoms with Gasteiger partial charge in [-0.3, -0.25) is 23.7 Å². The van der Waals surface area contributed by atoms with E-state index in [4.69, 9.17) is 30.5 Å². The number of ketones is 1. The highest BCUT2D eigenvalue weighted by Gasteiger charge is 2.49. The van der Waals surface area contributed by atoms with Gasteiger partial charge in [0.05, 0.1) is 6.10 Å². The molecule has 1 aliphatic heterocycles. The molecule has 10 N–H and O–H groups in total. The van der Waals surface area contributed by atoms with Crippen LogP contribution in [0.3, 0.4) is 0 Å². The molecule has 0 aliphatic carbocycles. The van der Waals surface area contributed by atoms with Crippen LogP contribution >= 0.6 is 23.5 Å². The fraction of sp³-hybridized carbons (Fsp3) is 0.611. The van der Waals surface area contributed by atoms with E-state index in [0.29, 0.717) is 19.4 Å². The predicted molar refractivity (Wildman–Crippen MR) is 134 cm³/mol. The minimum absolute atomic E-state index is 0.0285. The van der Waals surface area contributed by atoms with Gasteiger partial charge in [-0.1, -0.05) is 12.5 Å². The summed E-state index contributed by atoms with van der Waals surface area (Å²) in [7, 11) is -17.4. The Hall–Kier alpha value is -1.82. The van der Waals surface area contributed by atoms with Crippen LogP contribution < -0.4 is 22.7 Å². The number of carbonyl (C=O) groups excluding carboxylic acids is 1. The predicted octanol–water partition coefficient (Wildman–Crippen LogP) is -1.000. The number of phosphoric acid groups is 3. The Morgan fingerprint density at radius 1 is 1.15 bits per heavy atom. The highest BCUT2D eigenvalue weighted by Crippen LogP contribution is 2.66. The molecule has 1 fully saturated rings. The number of nitrogens with two attached hydrogens (primary N) is 2. The Morgan fingerprint density at radius 3 is 2.42 bits per heavy atom. The summed E-state index contributed by atoms with van der Waals surface area (Å²) in [5.74, 6) is -0.925. The Bertz CT molecular complexity index is 1320. The third-order valence-corrected chi connectivity index (χ3v) is 9.19. The van der Waals surface area contributed by atoms with Crippen molar-refractivity contribution in [1.82, 2.24) is 9.55 Å². The lowest BCUT2D eigenvalue weighted by atomic mass is 10.00. The van der Waals surface area contributed by atoms with Crippen molar-refractivity contribution >= 4 is 29.3 Å². The average Bonchev–Trinajstić information content (AvgIpc) is 3.18. The molecule has 0 spiro atoms. The number of hydrogen-bond acceptors (Lipinski definition) is 13. The number of Topliss-reactive ketones (excluding diaryl/α,β-unsaturated/α-hetero) is 1. The maximum Gasteiger partial charge on any atom is 0.490 e. The van der Waals surface area contributed by atoms with E-state index in [2.05, 4.69) is 13.6 Å². The van der Waals surface area contributed by atoms with E-state index >= 15 is 0 Å². The van der Waals surface area contributed by atoms with E-state index in [1.807, 2.05) is 0 Å². The molecule has 1 saturated heterocycles. The van der Waals surface area contributed by atoms with Gasteiger partial charge in [0.2, 0.25) is 0 Å². The molecule has 1 aromatic rings. The second-order valence-electron chi connectivity index (χ2n) is 8.49. The summed E-state index contributed by atoms with van der Waals surface area (Å²) < 4.78 is 53.8. The van der Waals surface area contributed by atoms with Gasteiger partial charge in [0, 0.05) is 24.6 Å². The molecule has 228 valence electrons. The van der Waals surface area contributed by atoms with Crippen LogP contribution in [0.2, 0.25) is 0 Å². The molecule has 0 saturated carbocycles. The van der Waals surface area contributed by atoms with Crippen LogP contribution in [-0.2, 0) is 42.8 Å². The van der Waals surface area contributed by atoms with Crippen molar-refractivity contribution in [2.75, 3.05) is 6.54 Å². The number of carbonyl (C=O) groups is 1. The standard InChI is InChI=1S/C18H31N4O15P3/c19-7-3-1-2-6-12(23)16(35-39(30,31)37-40(32,33)36-38(27,28)29)15-13(24)9-14(34-15)22-10-11(5-4-8-20)17(25)21-18(22)26/h4,8,10,13-16,24H,1-3,5-7,9,19-20H2,(H,30,31)(H,32,33)(H,21,25,26)(H2,27,28,29)/t13-,14+,15-,16?/m0/s1. The number of ether oxygens (including phenoxy) is 1. The maximum atomic E-state index is 13.0. The van der Waals surface area contributed by atoms with Gasteiger partial charge in [-0.2, -0.15) is 8.62 Å². The zero-order valence-electron chi connectivity index (χ0n) is 20.8. The summed E-state index contributed by atoms with van der Waals surface area (Å²) in [6.07, 6.45) is -2.52. The van der Waals surface area contributed by atoms with Gasteiger partial charge in [-0.15, -0.1) is 0 Å². The number of hydrogen-bond donors (Lipinski definition) is 8. The van der Waals surface area contributed by atoms with Gasteiger partial charge in [0.1, 0.15) is 12.3 Å². The van der Waals surface area contributed by atoms with Crippen molar-refractivity contribution in [2.24, 2.45) is 11.5 Å². The molecule has 0 bridgehead atoms. The van der Waals surface area contributed by atoms with Gasteiger partial charge in [-0.25, -0.2) is 18.5 Å². The fourth-order valence-electron chi connectivity index (χ4n) is 3.71. The van der Waals surface area contributed by atoms with Gasteiger partial charge < -0.3 is 40.9 Å². The van der Waals surface area contributed by atoms with Crippen molar-refractivity contribution < 1.29 is 61.1 Å². The molecule has 2 rings (SSSR count). The highest BCUT2D eigenvalue weighted by molar-refractivity contribution is 7.66. The minimum Gasteiger partial charge on any atom is -0.405 e. The molecule has 1 aromatic heterocycles. The summed E-state index contributed by atoms with van der Waals surface area (Å²) in [6.45, 7) is 0.322. The second kappa shape index (κ2) is 14.4. The zero-order valence-corrected chi connectivity index (χ0v) is 23.4. The smallest absolute Gasteiger partial charge is 0.405 e. The number of H-pyrrole nitrogens is 1. The third-order valence-electron chi connectivity index (χ3n) is 5.37. The van der Waals surface area contributed by atoms with Crippen LogP contribution in [0.15, 0.2) is 28.1 Å². The summed E-state index contributed by atoms with van der Waals surface area (Å²) in [6, 6.07) is 0. The monoisotopic (exact) mass is 636 g/mol. The molecule has 0 aromatic carbocycles. The first-order chi connectivity index (χ1) is 18.5. The first-order valence-corrected chi connectivity index (χ1v) is 16.1. The van der Waals surface area contributed by atoms with Crippen LogP contribution in [0.4, 0.5) is 0 Å². The maximum absolute atomic E-state index is 13.0. The van der Waals surface area contributed by atoms with Crippen molar-refractivity contribution in [1.29, 1.82) is 0 Å². The average molecular weight is 636 g/mol. The number of aliphatic hydroxyl groups is 1. The molecule has 0 amide bonds. The normalized spacial score (nSPS) is 23.6. The van der Waals surface area contributed by atoms with Crippen molar-refractivity contribution in [2.45, 2.75) is 63.1 Å². The van der Waals surface area contributed by atoms with Crippen molar-refractivity contribution in [3.63, 3.8) is 0 Å². The molecule has 1 aliphatic rings. The van der Waals surface area contributed by atoms with Crippen molar-refractivity contribution in [3.05, 3.63) is 44.9 Å². The molecule has 40 heavy (non-hydrogen) atoms. The third kappa shape index (κ3) is 10.5. The number of phosphoric ester groups is 1. The summed E-state index contributed by atoms with van der Waals surface area (Å²) in [5, 5.41) is 10.7. The van der Waals surface area contributed by atoms with Gasteiger partial charge in [0.15, 0.2) is 11.9 Å². The van der Waals surface area contributed by atoms with E-state index in [0.717, 1.165) is 10.8 Å². The van der Waals surface area contributed by atoms with E-state index in [-0.39, 0.29) is 31.2 Å². The van der Waals surface area contributed by atoms with E-state index < -0.39 is 65.0 Å². The number of aromatic nitrogens is 2. The topological polar surface area (TPSA) is 313 Å².